The van der Waals surface area contributed by atoms with Gasteiger partial charge in [0.1, 0.15) is 0 Å². The standard InChI is InChI=1S/C36H42F4O2/c1-3-5-7-9-10-12-14-32-41-23-28(24-42-32)31-22-21-30(35(39)36(31)40)26-17-15-25(16-18-26)29-20-19-27(33(37)34(29)38)13-11-8-6-4-2/h4,6,15-22,28,32H,3,5,7-14,23-24H2,1-2H3/b6-4-. The van der Waals surface area contributed by atoms with Crippen molar-refractivity contribution < 1.29 is 27.0 Å². The van der Waals surface area contributed by atoms with E-state index in [1.54, 1.807) is 48.5 Å². The molecule has 0 amide bonds. The first-order valence-electron chi connectivity index (χ1n) is 15.3. The minimum absolute atomic E-state index is 0.101. The zero-order valence-corrected chi connectivity index (χ0v) is 24.7. The summed E-state index contributed by atoms with van der Waals surface area (Å²) in [5, 5.41) is 0. The van der Waals surface area contributed by atoms with Gasteiger partial charge in [0, 0.05) is 17.0 Å². The summed E-state index contributed by atoms with van der Waals surface area (Å²) in [6.07, 6.45) is 13.5. The molecule has 0 aliphatic carbocycles. The maximum Gasteiger partial charge on any atom is 0.166 e. The maximum absolute atomic E-state index is 15.2. The van der Waals surface area contributed by atoms with Gasteiger partial charge in [-0.1, -0.05) is 99.7 Å². The highest BCUT2D eigenvalue weighted by Gasteiger charge is 2.27. The Bertz CT molecular complexity index is 1310. The van der Waals surface area contributed by atoms with Gasteiger partial charge in [-0.25, -0.2) is 17.6 Å². The summed E-state index contributed by atoms with van der Waals surface area (Å²) in [6.45, 7) is 4.68. The van der Waals surface area contributed by atoms with E-state index in [2.05, 4.69) is 6.92 Å². The minimum atomic E-state index is -0.950. The topological polar surface area (TPSA) is 18.5 Å². The molecule has 0 saturated carbocycles. The van der Waals surface area contributed by atoms with Crippen LogP contribution in [0.2, 0.25) is 0 Å². The molecule has 1 heterocycles. The molecule has 42 heavy (non-hydrogen) atoms. The molecule has 0 N–H and O–H groups in total. The summed E-state index contributed by atoms with van der Waals surface area (Å²) >= 11 is 0. The number of ether oxygens (including phenoxy) is 2. The summed E-state index contributed by atoms with van der Waals surface area (Å²) in [5.74, 6) is -4.00. The first-order chi connectivity index (χ1) is 20.4. The summed E-state index contributed by atoms with van der Waals surface area (Å²) < 4.78 is 71.7. The van der Waals surface area contributed by atoms with Crippen molar-refractivity contribution in [2.24, 2.45) is 0 Å². The summed E-state index contributed by atoms with van der Waals surface area (Å²) in [7, 11) is 0. The highest BCUT2D eigenvalue weighted by molar-refractivity contribution is 5.71. The second-order valence-electron chi connectivity index (χ2n) is 11.1. The second-order valence-corrected chi connectivity index (χ2v) is 11.1. The van der Waals surface area contributed by atoms with E-state index >= 15 is 8.78 Å². The normalized spacial score (nSPS) is 17.3. The zero-order chi connectivity index (χ0) is 29.9. The maximum atomic E-state index is 15.2. The van der Waals surface area contributed by atoms with Gasteiger partial charge in [-0.3, -0.25) is 0 Å². The van der Waals surface area contributed by atoms with Gasteiger partial charge < -0.3 is 9.47 Å². The van der Waals surface area contributed by atoms with Crippen molar-refractivity contribution >= 4 is 0 Å². The van der Waals surface area contributed by atoms with Crippen LogP contribution in [0.3, 0.4) is 0 Å². The van der Waals surface area contributed by atoms with E-state index in [0.717, 1.165) is 32.1 Å². The number of rotatable bonds is 14. The molecule has 4 rings (SSSR count). The third-order valence-corrected chi connectivity index (χ3v) is 8.03. The van der Waals surface area contributed by atoms with Crippen LogP contribution in [0.1, 0.15) is 88.7 Å². The van der Waals surface area contributed by atoms with Crippen LogP contribution in [0.25, 0.3) is 22.3 Å². The molecule has 226 valence electrons. The quantitative estimate of drug-likeness (QED) is 0.107. The lowest BCUT2D eigenvalue weighted by Crippen LogP contribution is -2.31. The molecule has 3 aromatic rings. The summed E-state index contributed by atoms with van der Waals surface area (Å²) in [5.41, 5.74) is 1.71. The van der Waals surface area contributed by atoms with Crippen LogP contribution in [-0.4, -0.2) is 19.5 Å². The molecule has 0 spiro atoms. The number of aryl methyl sites for hydroxylation is 1. The number of benzene rings is 3. The van der Waals surface area contributed by atoms with Crippen molar-refractivity contribution in [3.63, 3.8) is 0 Å². The van der Waals surface area contributed by atoms with Crippen molar-refractivity contribution in [2.75, 3.05) is 13.2 Å². The lowest BCUT2D eigenvalue weighted by atomic mass is 9.94. The van der Waals surface area contributed by atoms with E-state index in [1.165, 1.54) is 25.7 Å². The Balaban J connectivity index is 1.38. The molecule has 0 unspecified atom stereocenters. The lowest BCUT2D eigenvalue weighted by Gasteiger charge is -2.30. The minimum Gasteiger partial charge on any atom is -0.352 e. The fraction of sp³-hybridized carbons (Fsp3) is 0.444. The molecule has 2 nitrogen and oxygen atoms in total. The summed E-state index contributed by atoms with van der Waals surface area (Å²) in [6, 6.07) is 12.7. The third kappa shape index (κ3) is 8.11. The van der Waals surface area contributed by atoms with Crippen molar-refractivity contribution in [3.8, 4) is 22.3 Å². The second kappa shape index (κ2) is 16.0. The number of unbranched alkanes of at least 4 members (excludes halogenated alkanes) is 6. The SMILES string of the molecule is C/C=C\CCCc1ccc(-c2ccc(-c3ccc(C4COC(CCCCCCCC)OC4)c(F)c3F)cc2)c(F)c1F. The van der Waals surface area contributed by atoms with Crippen molar-refractivity contribution in [1.29, 1.82) is 0 Å². The van der Waals surface area contributed by atoms with Gasteiger partial charge in [-0.2, -0.15) is 0 Å². The average molecular weight is 583 g/mol. The molecule has 1 aliphatic heterocycles. The van der Waals surface area contributed by atoms with Gasteiger partial charge in [0.2, 0.25) is 0 Å². The number of hydrogen-bond donors (Lipinski definition) is 0. The van der Waals surface area contributed by atoms with Gasteiger partial charge in [0.05, 0.1) is 13.2 Å². The van der Waals surface area contributed by atoms with Crippen molar-refractivity contribution in [1.82, 2.24) is 0 Å². The Hall–Kier alpha value is -2.96. The molecule has 1 fully saturated rings. The van der Waals surface area contributed by atoms with Crippen LogP contribution in [-0.2, 0) is 15.9 Å². The first-order valence-corrected chi connectivity index (χ1v) is 15.3. The Morgan fingerprint density at radius 3 is 1.93 bits per heavy atom. The summed E-state index contributed by atoms with van der Waals surface area (Å²) in [4.78, 5) is 0. The van der Waals surface area contributed by atoms with Crippen LogP contribution in [0, 0.1) is 23.3 Å². The predicted octanol–water partition coefficient (Wildman–Crippen LogP) is 10.7. The fourth-order valence-electron chi connectivity index (χ4n) is 5.50. The number of hydrogen-bond acceptors (Lipinski definition) is 2. The highest BCUT2D eigenvalue weighted by Crippen LogP contribution is 2.34. The molecular weight excluding hydrogens is 540 g/mol. The molecule has 3 aromatic carbocycles. The Morgan fingerprint density at radius 1 is 0.690 bits per heavy atom. The third-order valence-electron chi connectivity index (χ3n) is 8.03. The lowest BCUT2D eigenvalue weighted by molar-refractivity contribution is -0.190. The van der Waals surface area contributed by atoms with Crippen LogP contribution < -0.4 is 0 Å². The zero-order valence-electron chi connectivity index (χ0n) is 24.7. The molecule has 1 saturated heterocycles. The van der Waals surface area contributed by atoms with E-state index in [-0.39, 0.29) is 42.1 Å². The van der Waals surface area contributed by atoms with E-state index in [9.17, 15) is 8.78 Å². The first kappa shape index (κ1) is 32.0. The molecular formula is C36H42F4O2. The van der Waals surface area contributed by atoms with E-state index in [0.29, 0.717) is 23.1 Å². The smallest absolute Gasteiger partial charge is 0.166 e. The van der Waals surface area contributed by atoms with Gasteiger partial charge >= 0.3 is 0 Å². The Kier molecular flexibility index (Phi) is 12.2. The molecule has 1 aliphatic rings. The van der Waals surface area contributed by atoms with Gasteiger partial charge in [0.25, 0.3) is 0 Å². The monoisotopic (exact) mass is 582 g/mol. The van der Waals surface area contributed by atoms with Crippen molar-refractivity contribution in [3.05, 3.63) is 95.1 Å². The molecule has 6 heteroatoms. The fourth-order valence-corrected chi connectivity index (χ4v) is 5.50. The van der Waals surface area contributed by atoms with Crippen LogP contribution >= 0.6 is 0 Å². The van der Waals surface area contributed by atoms with Gasteiger partial charge in [-0.15, -0.1) is 0 Å². The molecule has 0 aromatic heterocycles. The number of allylic oxidation sites excluding steroid dienone is 2. The van der Waals surface area contributed by atoms with E-state index in [4.69, 9.17) is 9.47 Å². The van der Waals surface area contributed by atoms with E-state index in [1.807, 2.05) is 19.1 Å². The Labute approximate surface area is 247 Å². The van der Waals surface area contributed by atoms with Crippen LogP contribution in [0.15, 0.2) is 60.7 Å². The van der Waals surface area contributed by atoms with Crippen LogP contribution in [0.4, 0.5) is 17.6 Å². The number of halogens is 4. The molecule has 0 radical (unpaired) electrons. The largest absolute Gasteiger partial charge is 0.352 e. The van der Waals surface area contributed by atoms with E-state index < -0.39 is 23.3 Å². The van der Waals surface area contributed by atoms with Gasteiger partial charge in [-0.05, 0) is 61.3 Å². The average Bonchev–Trinajstić information content (AvgIpc) is 3.01. The van der Waals surface area contributed by atoms with Crippen LogP contribution in [0.5, 0.6) is 0 Å². The predicted molar refractivity (Wildman–Crippen MR) is 161 cm³/mol. The molecule has 0 atom stereocenters. The highest BCUT2D eigenvalue weighted by atomic mass is 19.2. The van der Waals surface area contributed by atoms with Gasteiger partial charge in [0.15, 0.2) is 29.6 Å². The van der Waals surface area contributed by atoms with Crippen molar-refractivity contribution in [2.45, 2.75) is 90.3 Å². The molecule has 0 bridgehead atoms. The Morgan fingerprint density at radius 2 is 1.29 bits per heavy atom.